The molecule has 0 saturated carbocycles. The molecule has 2 saturated heterocycles. The Labute approximate surface area is 225 Å². The Kier molecular flexibility index (Phi) is 6.73. The third-order valence-corrected chi connectivity index (χ3v) is 7.95. The van der Waals surface area contributed by atoms with Gasteiger partial charge in [0.2, 0.25) is 5.91 Å². The molecule has 0 spiro atoms. The number of rotatable bonds is 4. The first kappa shape index (κ1) is 26.2. The number of anilines is 1. The minimum Gasteiger partial charge on any atom is -0.507 e. The number of phenols is 1. The van der Waals surface area contributed by atoms with Crippen molar-refractivity contribution < 1.29 is 28.6 Å². The summed E-state index contributed by atoms with van der Waals surface area (Å²) in [6.07, 6.45) is 1.80. The highest BCUT2D eigenvalue weighted by Crippen LogP contribution is 2.48. The first-order chi connectivity index (χ1) is 18.1. The number of hydrogen-bond acceptors (Lipinski definition) is 7. The van der Waals surface area contributed by atoms with Crippen molar-refractivity contribution in [1.29, 1.82) is 0 Å². The molecule has 4 heterocycles. The van der Waals surface area contributed by atoms with Crippen LogP contribution >= 0.6 is 11.6 Å². The maximum atomic E-state index is 15.0. The number of carbonyl (C=O) groups is 2. The molecule has 3 aliphatic heterocycles. The van der Waals surface area contributed by atoms with Gasteiger partial charge in [0.15, 0.2) is 5.75 Å². The van der Waals surface area contributed by atoms with E-state index in [9.17, 15) is 14.7 Å². The molecule has 2 aromatic rings. The topological polar surface area (TPSA) is 95.4 Å². The molecule has 2 atom stereocenters. The minimum atomic E-state index is -0.711. The van der Waals surface area contributed by atoms with Gasteiger partial charge in [-0.2, -0.15) is 0 Å². The molecule has 3 aliphatic rings. The quantitative estimate of drug-likeness (QED) is 0.589. The predicted octanol–water partition coefficient (Wildman–Crippen LogP) is 3.48. The van der Waals surface area contributed by atoms with Gasteiger partial charge in [-0.25, -0.2) is 9.37 Å². The van der Waals surface area contributed by atoms with Gasteiger partial charge in [-0.1, -0.05) is 24.2 Å². The summed E-state index contributed by atoms with van der Waals surface area (Å²) >= 11 is 6.79. The zero-order valence-corrected chi connectivity index (χ0v) is 22.3. The molecule has 38 heavy (non-hydrogen) atoms. The monoisotopic (exact) mass is 544 g/mol. The van der Waals surface area contributed by atoms with Crippen LogP contribution in [-0.2, 0) is 9.53 Å². The van der Waals surface area contributed by atoms with Crippen molar-refractivity contribution in [1.82, 2.24) is 14.8 Å². The van der Waals surface area contributed by atoms with E-state index in [-0.39, 0.29) is 70.2 Å². The number of aromatic hydroxyl groups is 1. The average Bonchev–Trinajstić information content (AvgIpc) is 3.12. The number of methoxy groups -OCH3 is 1. The Balaban J connectivity index is 1.70. The molecule has 0 radical (unpaired) electrons. The Morgan fingerprint density at radius 1 is 1.32 bits per heavy atom. The van der Waals surface area contributed by atoms with Gasteiger partial charge in [0.1, 0.15) is 40.3 Å². The molecule has 202 valence electrons. The lowest BCUT2D eigenvalue weighted by atomic mass is 9.99. The normalized spacial score (nSPS) is 22.4. The first-order valence-corrected chi connectivity index (χ1v) is 12.8. The van der Waals surface area contributed by atoms with Gasteiger partial charge in [-0.05, 0) is 38.5 Å². The lowest BCUT2D eigenvalue weighted by Crippen LogP contribution is -2.57. The van der Waals surface area contributed by atoms with Crippen LogP contribution in [0.3, 0.4) is 0 Å². The van der Waals surface area contributed by atoms with E-state index in [0.29, 0.717) is 26.1 Å². The van der Waals surface area contributed by atoms with E-state index >= 15 is 4.39 Å². The molecule has 9 nitrogen and oxygen atoms in total. The van der Waals surface area contributed by atoms with Crippen molar-refractivity contribution in [2.75, 3.05) is 44.8 Å². The van der Waals surface area contributed by atoms with Gasteiger partial charge in [-0.3, -0.25) is 9.59 Å². The summed E-state index contributed by atoms with van der Waals surface area (Å²) in [4.78, 5) is 36.4. The number of hydrogen-bond donors (Lipinski definition) is 1. The van der Waals surface area contributed by atoms with E-state index < -0.39 is 17.4 Å². The Hall–Kier alpha value is -3.37. The summed E-state index contributed by atoms with van der Waals surface area (Å²) in [6.45, 7) is 9.00. The van der Waals surface area contributed by atoms with E-state index in [2.05, 4.69) is 6.58 Å². The van der Waals surface area contributed by atoms with Crippen LogP contribution in [0, 0.1) is 5.82 Å². The second kappa shape index (κ2) is 9.74. The molecule has 0 aliphatic carbocycles. The van der Waals surface area contributed by atoms with Crippen LogP contribution < -0.4 is 9.64 Å². The van der Waals surface area contributed by atoms with E-state index in [1.54, 1.807) is 16.9 Å². The first-order valence-electron chi connectivity index (χ1n) is 12.4. The fourth-order valence-electron chi connectivity index (χ4n) is 5.60. The van der Waals surface area contributed by atoms with E-state index in [1.807, 2.05) is 18.7 Å². The van der Waals surface area contributed by atoms with E-state index in [1.165, 1.54) is 24.3 Å². The largest absolute Gasteiger partial charge is 0.507 e. The predicted molar refractivity (Wildman–Crippen MR) is 140 cm³/mol. The van der Waals surface area contributed by atoms with E-state index in [0.717, 1.165) is 0 Å². The van der Waals surface area contributed by atoms with Crippen molar-refractivity contribution in [2.45, 2.75) is 38.0 Å². The fraction of sp³-hybridized carbons (Fsp3) is 0.444. The highest BCUT2D eigenvalue weighted by atomic mass is 35.5. The number of nitrogens with zero attached hydrogens (tertiary/aromatic N) is 4. The molecule has 0 unspecified atom stereocenters. The molecule has 2 fully saturated rings. The van der Waals surface area contributed by atoms with Crippen LogP contribution in [0.15, 0.2) is 30.9 Å². The van der Waals surface area contributed by atoms with Crippen LogP contribution in [0.5, 0.6) is 11.5 Å². The maximum Gasteiger partial charge on any atom is 0.261 e. The van der Waals surface area contributed by atoms with Crippen LogP contribution in [0.2, 0.25) is 5.02 Å². The second-order valence-electron chi connectivity index (χ2n) is 10.4. The number of phenolic OH excluding ortho intramolecular Hbond substituents is 1. The number of aromatic nitrogens is 1. The van der Waals surface area contributed by atoms with Crippen molar-refractivity contribution in [3.8, 4) is 22.8 Å². The van der Waals surface area contributed by atoms with E-state index in [4.69, 9.17) is 26.1 Å². The zero-order valence-electron chi connectivity index (χ0n) is 21.5. The third-order valence-electron chi connectivity index (χ3n) is 7.60. The fourth-order valence-corrected chi connectivity index (χ4v) is 5.88. The SMILES string of the molecule is C=CC(=O)N1CCN2C(=O)c3c(N4C[C@@H](OC)CC4(C)C)nc(-c4c(O)cccc4F)c(Cl)c3OC[C@H]2C1. The van der Waals surface area contributed by atoms with Crippen LogP contribution in [-0.4, -0.2) is 89.3 Å². The molecule has 1 aromatic carbocycles. The zero-order chi connectivity index (χ0) is 27.4. The summed E-state index contributed by atoms with van der Waals surface area (Å²) in [5.74, 6) is -1.25. The highest BCUT2D eigenvalue weighted by Gasteiger charge is 2.45. The van der Waals surface area contributed by atoms with Gasteiger partial charge >= 0.3 is 0 Å². The summed E-state index contributed by atoms with van der Waals surface area (Å²) < 4.78 is 26.8. The molecular weight excluding hydrogens is 515 g/mol. The maximum absolute atomic E-state index is 15.0. The second-order valence-corrected chi connectivity index (χ2v) is 10.8. The smallest absolute Gasteiger partial charge is 0.261 e. The molecule has 1 N–H and O–H groups in total. The molecular formula is C27H30ClFN4O5. The minimum absolute atomic E-state index is 0.0242. The third kappa shape index (κ3) is 4.25. The molecule has 11 heteroatoms. The number of piperazine rings is 1. The number of fused-ring (bicyclic) bond motifs is 2. The van der Waals surface area contributed by atoms with Gasteiger partial charge in [0.05, 0.1) is 17.7 Å². The lowest BCUT2D eigenvalue weighted by molar-refractivity contribution is -0.128. The highest BCUT2D eigenvalue weighted by molar-refractivity contribution is 6.35. The van der Waals surface area contributed by atoms with Crippen molar-refractivity contribution in [3.05, 3.63) is 47.3 Å². The summed E-state index contributed by atoms with van der Waals surface area (Å²) in [6, 6.07) is 3.50. The molecule has 2 amide bonds. The van der Waals surface area contributed by atoms with Gasteiger partial charge < -0.3 is 29.3 Å². The van der Waals surface area contributed by atoms with Crippen LogP contribution in [0.1, 0.15) is 30.6 Å². The molecule has 1 aromatic heterocycles. The summed E-state index contributed by atoms with van der Waals surface area (Å²) in [5.41, 5.74) is -0.498. The van der Waals surface area contributed by atoms with Crippen LogP contribution in [0.4, 0.5) is 10.2 Å². The molecule has 0 bridgehead atoms. The Bertz CT molecular complexity index is 1300. The van der Waals surface area contributed by atoms with Crippen molar-refractivity contribution in [2.24, 2.45) is 0 Å². The van der Waals surface area contributed by atoms with Gasteiger partial charge in [0, 0.05) is 38.8 Å². The number of pyridine rings is 1. The number of ether oxygens (including phenoxy) is 2. The number of carbonyl (C=O) groups excluding carboxylic acids is 2. The molecule has 5 rings (SSSR count). The standard InChI is InChI=1S/C27H30ClFN4O5/c1-5-19(35)31-9-10-32-15(12-31)14-38-24-21(26(32)36)25(33-13-16(37-4)11-27(33,2)3)30-23(22(24)28)20-17(29)7-6-8-18(20)34/h5-8,15-16,34H,1,9-14H2,2-4H3/t15-,16+/m1/s1. The summed E-state index contributed by atoms with van der Waals surface area (Å²) in [5, 5.41) is 10.5. The number of amides is 2. The van der Waals surface area contributed by atoms with Gasteiger partial charge in [0.25, 0.3) is 5.91 Å². The van der Waals surface area contributed by atoms with Crippen molar-refractivity contribution >= 4 is 29.2 Å². The Morgan fingerprint density at radius 3 is 2.74 bits per heavy atom. The number of benzene rings is 1. The number of halogens is 2. The van der Waals surface area contributed by atoms with Crippen molar-refractivity contribution in [3.63, 3.8) is 0 Å². The Morgan fingerprint density at radius 2 is 2.08 bits per heavy atom. The average molecular weight is 545 g/mol. The van der Waals surface area contributed by atoms with Crippen LogP contribution in [0.25, 0.3) is 11.3 Å². The van der Waals surface area contributed by atoms with Gasteiger partial charge in [-0.15, -0.1) is 0 Å². The lowest BCUT2D eigenvalue weighted by Gasteiger charge is -2.40. The summed E-state index contributed by atoms with van der Waals surface area (Å²) in [7, 11) is 1.63.